The molecule has 1 rings (SSSR count). The summed E-state index contributed by atoms with van der Waals surface area (Å²) in [5.41, 5.74) is 0.512. The minimum atomic E-state index is -3.52. The predicted molar refractivity (Wildman–Crippen MR) is 73.2 cm³/mol. The SMILES string of the molecule is COC(=O)CCS(=O)(=O)Nc1ccccc1I. The second-order valence-corrected chi connectivity index (χ2v) is 6.23. The van der Waals surface area contributed by atoms with E-state index in [0.29, 0.717) is 5.69 Å². The second kappa shape index (κ2) is 6.20. The van der Waals surface area contributed by atoms with Crippen LogP contribution in [0.15, 0.2) is 24.3 Å². The Morgan fingerprint density at radius 2 is 2.06 bits per heavy atom. The number of para-hydroxylation sites is 1. The predicted octanol–water partition coefficient (Wildman–Crippen LogP) is 1.60. The summed E-state index contributed by atoms with van der Waals surface area (Å²) in [6.07, 6.45) is -0.157. The zero-order chi connectivity index (χ0) is 12.9. The normalized spacial score (nSPS) is 10.9. The number of benzene rings is 1. The van der Waals surface area contributed by atoms with Gasteiger partial charge in [-0.3, -0.25) is 9.52 Å². The summed E-state index contributed by atoms with van der Waals surface area (Å²) >= 11 is 2.03. The molecule has 0 heterocycles. The summed E-state index contributed by atoms with van der Waals surface area (Å²) in [6, 6.07) is 7.00. The lowest BCUT2D eigenvalue weighted by Crippen LogP contribution is -2.19. The van der Waals surface area contributed by atoms with Crippen molar-refractivity contribution in [1.82, 2.24) is 0 Å². The molecule has 0 fully saturated rings. The summed E-state index contributed by atoms with van der Waals surface area (Å²) in [7, 11) is -2.29. The Balaban J connectivity index is 2.67. The number of hydrogen-bond donors (Lipinski definition) is 1. The maximum absolute atomic E-state index is 11.7. The molecule has 94 valence electrons. The van der Waals surface area contributed by atoms with Gasteiger partial charge in [-0.15, -0.1) is 0 Å². The average molecular weight is 369 g/mol. The number of ether oxygens (including phenoxy) is 1. The first-order valence-electron chi connectivity index (χ1n) is 4.76. The lowest BCUT2D eigenvalue weighted by molar-refractivity contribution is -0.140. The first-order valence-corrected chi connectivity index (χ1v) is 7.49. The molecule has 17 heavy (non-hydrogen) atoms. The van der Waals surface area contributed by atoms with Crippen LogP contribution in [0.3, 0.4) is 0 Å². The number of carbonyl (C=O) groups excluding carboxylic acids is 1. The summed E-state index contributed by atoms with van der Waals surface area (Å²) in [5, 5.41) is 0. The van der Waals surface area contributed by atoms with Gasteiger partial charge in [0.2, 0.25) is 10.0 Å². The second-order valence-electron chi connectivity index (χ2n) is 3.23. The van der Waals surface area contributed by atoms with Gasteiger partial charge in [-0.05, 0) is 34.7 Å². The number of esters is 1. The first-order chi connectivity index (χ1) is 7.94. The zero-order valence-corrected chi connectivity index (χ0v) is 12.1. The summed E-state index contributed by atoms with van der Waals surface area (Å²) < 4.78 is 30.9. The van der Waals surface area contributed by atoms with Crippen LogP contribution in [-0.4, -0.2) is 27.2 Å². The third-order valence-corrected chi connectivity index (χ3v) is 4.16. The molecule has 0 aliphatic rings. The number of anilines is 1. The van der Waals surface area contributed by atoms with Gasteiger partial charge < -0.3 is 4.74 Å². The van der Waals surface area contributed by atoms with Crippen LogP contribution in [-0.2, 0) is 19.6 Å². The lowest BCUT2D eigenvalue weighted by Gasteiger charge is -2.08. The van der Waals surface area contributed by atoms with E-state index in [1.807, 2.05) is 28.7 Å². The van der Waals surface area contributed by atoms with E-state index in [1.165, 1.54) is 7.11 Å². The van der Waals surface area contributed by atoms with Gasteiger partial charge in [0, 0.05) is 3.57 Å². The quantitative estimate of drug-likeness (QED) is 0.632. The fraction of sp³-hybridized carbons (Fsp3) is 0.300. The maximum Gasteiger partial charge on any atom is 0.306 e. The van der Waals surface area contributed by atoms with Crippen molar-refractivity contribution in [1.29, 1.82) is 0 Å². The standard InChI is InChI=1S/C10H12INO4S/c1-16-10(13)6-7-17(14,15)12-9-5-3-2-4-8(9)11/h2-5,12H,6-7H2,1H3. The number of halogens is 1. The first kappa shape index (κ1) is 14.2. The molecule has 0 saturated heterocycles. The Bertz CT molecular complexity index is 501. The molecule has 1 aromatic rings. The molecular weight excluding hydrogens is 357 g/mol. The fourth-order valence-corrected chi connectivity index (χ4v) is 2.84. The van der Waals surface area contributed by atoms with Crippen molar-refractivity contribution >= 4 is 44.3 Å². The summed E-state index contributed by atoms with van der Waals surface area (Å²) in [5.74, 6) is -0.830. The van der Waals surface area contributed by atoms with Crippen molar-refractivity contribution in [3.8, 4) is 0 Å². The molecule has 0 amide bonds. The number of rotatable bonds is 5. The molecule has 1 aromatic carbocycles. The van der Waals surface area contributed by atoms with Gasteiger partial charge in [0.25, 0.3) is 0 Å². The molecule has 1 N–H and O–H groups in total. The van der Waals surface area contributed by atoms with Crippen molar-refractivity contribution in [2.24, 2.45) is 0 Å². The van der Waals surface area contributed by atoms with Crippen LogP contribution < -0.4 is 4.72 Å². The Labute approximate surface area is 114 Å². The minimum absolute atomic E-state index is 0.157. The van der Waals surface area contributed by atoms with E-state index in [9.17, 15) is 13.2 Å². The van der Waals surface area contributed by atoms with Gasteiger partial charge in [-0.2, -0.15) is 0 Å². The van der Waals surface area contributed by atoms with Crippen molar-refractivity contribution in [3.63, 3.8) is 0 Å². The zero-order valence-electron chi connectivity index (χ0n) is 9.14. The third-order valence-electron chi connectivity index (χ3n) is 1.94. The van der Waals surface area contributed by atoms with Crippen molar-refractivity contribution in [2.75, 3.05) is 17.6 Å². The number of nitrogens with one attached hydrogen (secondary N) is 1. The van der Waals surface area contributed by atoms with E-state index in [0.717, 1.165) is 3.57 Å². The average Bonchev–Trinajstić information content (AvgIpc) is 2.29. The molecule has 0 bridgehead atoms. The maximum atomic E-state index is 11.7. The highest BCUT2D eigenvalue weighted by atomic mass is 127. The van der Waals surface area contributed by atoms with Crippen LogP contribution in [0, 0.1) is 3.57 Å². The highest BCUT2D eigenvalue weighted by Crippen LogP contribution is 2.18. The topological polar surface area (TPSA) is 72.5 Å². The Hall–Kier alpha value is -0.830. The molecule has 0 saturated carbocycles. The van der Waals surface area contributed by atoms with Gasteiger partial charge in [-0.1, -0.05) is 12.1 Å². The molecule has 7 heteroatoms. The van der Waals surface area contributed by atoms with Crippen LogP contribution in [0.25, 0.3) is 0 Å². The van der Waals surface area contributed by atoms with Gasteiger partial charge in [0.05, 0.1) is 25.0 Å². The van der Waals surface area contributed by atoms with E-state index < -0.39 is 16.0 Å². The minimum Gasteiger partial charge on any atom is -0.469 e. The van der Waals surface area contributed by atoms with E-state index >= 15 is 0 Å². The monoisotopic (exact) mass is 369 g/mol. The Kier molecular flexibility index (Phi) is 5.19. The molecule has 0 spiro atoms. The van der Waals surface area contributed by atoms with E-state index in [4.69, 9.17) is 0 Å². The highest BCUT2D eigenvalue weighted by Gasteiger charge is 2.14. The number of carbonyl (C=O) groups is 1. The Morgan fingerprint density at radius 3 is 2.65 bits per heavy atom. The lowest BCUT2D eigenvalue weighted by atomic mass is 10.3. The largest absolute Gasteiger partial charge is 0.469 e. The smallest absolute Gasteiger partial charge is 0.306 e. The molecule has 0 aromatic heterocycles. The molecule has 0 radical (unpaired) electrons. The van der Waals surface area contributed by atoms with Gasteiger partial charge in [0.1, 0.15) is 0 Å². The summed E-state index contributed by atoms with van der Waals surface area (Å²) in [6.45, 7) is 0. The Morgan fingerprint density at radius 1 is 1.41 bits per heavy atom. The van der Waals surface area contributed by atoms with Crippen LogP contribution in [0.2, 0.25) is 0 Å². The third kappa shape index (κ3) is 4.90. The van der Waals surface area contributed by atoms with Crippen LogP contribution >= 0.6 is 22.6 Å². The molecule has 0 unspecified atom stereocenters. The van der Waals surface area contributed by atoms with Crippen molar-refractivity contribution < 1.29 is 17.9 Å². The van der Waals surface area contributed by atoms with Crippen molar-refractivity contribution in [3.05, 3.63) is 27.8 Å². The van der Waals surface area contributed by atoms with Gasteiger partial charge in [-0.25, -0.2) is 8.42 Å². The van der Waals surface area contributed by atoms with Gasteiger partial charge >= 0.3 is 5.97 Å². The van der Waals surface area contributed by atoms with Crippen LogP contribution in [0.4, 0.5) is 5.69 Å². The molecule has 0 aliphatic carbocycles. The number of methoxy groups -OCH3 is 1. The number of sulfonamides is 1. The number of hydrogen-bond acceptors (Lipinski definition) is 4. The summed E-state index contributed by atoms with van der Waals surface area (Å²) in [4.78, 5) is 10.9. The highest BCUT2D eigenvalue weighted by molar-refractivity contribution is 14.1. The molecule has 0 atom stereocenters. The van der Waals surface area contributed by atoms with Gasteiger partial charge in [0.15, 0.2) is 0 Å². The van der Waals surface area contributed by atoms with E-state index in [-0.39, 0.29) is 12.2 Å². The van der Waals surface area contributed by atoms with Crippen LogP contribution in [0.5, 0.6) is 0 Å². The van der Waals surface area contributed by atoms with Crippen molar-refractivity contribution in [2.45, 2.75) is 6.42 Å². The fourth-order valence-electron chi connectivity index (χ4n) is 1.08. The molecular formula is C10H12INO4S. The van der Waals surface area contributed by atoms with Crippen LogP contribution in [0.1, 0.15) is 6.42 Å². The molecule has 0 aliphatic heterocycles. The molecule has 5 nitrogen and oxygen atoms in total. The van der Waals surface area contributed by atoms with E-state index in [2.05, 4.69) is 9.46 Å². The van der Waals surface area contributed by atoms with E-state index in [1.54, 1.807) is 18.2 Å².